The minimum atomic E-state index is -1.01. The van der Waals surface area contributed by atoms with Gasteiger partial charge in [-0.15, -0.1) is 0 Å². The Hall–Kier alpha value is -1.90. The number of carbonyl (C=O) groups excluding carboxylic acids is 3. The van der Waals surface area contributed by atoms with E-state index in [4.69, 9.17) is 5.26 Å². The van der Waals surface area contributed by atoms with Gasteiger partial charge < -0.3 is 5.32 Å². The zero-order valence-electron chi connectivity index (χ0n) is 10.2. The number of nitrogens with zero attached hydrogens (tertiary/aromatic N) is 2. The summed E-state index contributed by atoms with van der Waals surface area (Å²) in [6, 6.07) is 1.26. The number of likely N-dealkylation sites (N-methyl/N-ethyl adjacent to an activating group) is 1. The molecule has 1 aliphatic heterocycles. The topological polar surface area (TPSA) is 90.3 Å². The highest BCUT2D eigenvalue weighted by Crippen LogP contribution is 2.37. The number of nitriles is 1. The fourth-order valence-corrected chi connectivity index (χ4v) is 2.53. The maximum atomic E-state index is 12.1. The predicted molar refractivity (Wildman–Crippen MR) is 60.8 cm³/mol. The maximum Gasteiger partial charge on any atom is 0.252 e. The van der Waals surface area contributed by atoms with E-state index in [1.807, 2.05) is 0 Å². The average Bonchev–Trinajstić information content (AvgIpc) is 2.93. The lowest BCUT2D eigenvalue weighted by molar-refractivity contribution is -0.139. The van der Waals surface area contributed by atoms with Crippen molar-refractivity contribution in [2.45, 2.75) is 38.1 Å². The SMILES string of the molecule is CN1C(=O)CC(NC(=O)C2(C#N)CCCC2)C1=O. The van der Waals surface area contributed by atoms with E-state index in [-0.39, 0.29) is 12.3 Å². The van der Waals surface area contributed by atoms with Gasteiger partial charge in [0.05, 0.1) is 12.5 Å². The molecule has 96 valence electrons. The highest BCUT2D eigenvalue weighted by atomic mass is 16.2. The van der Waals surface area contributed by atoms with E-state index < -0.39 is 23.3 Å². The Kier molecular flexibility index (Phi) is 3.07. The van der Waals surface area contributed by atoms with Crippen LogP contribution in [0.4, 0.5) is 0 Å². The van der Waals surface area contributed by atoms with Gasteiger partial charge in [0, 0.05) is 7.05 Å². The van der Waals surface area contributed by atoms with Crippen molar-refractivity contribution in [2.24, 2.45) is 5.41 Å². The molecule has 0 aromatic rings. The van der Waals surface area contributed by atoms with E-state index in [0.29, 0.717) is 12.8 Å². The normalized spacial score (nSPS) is 26.2. The molecule has 2 aliphatic rings. The highest BCUT2D eigenvalue weighted by Gasteiger charge is 2.45. The third kappa shape index (κ3) is 1.86. The number of likely N-dealkylation sites (tertiary alicyclic amines) is 1. The zero-order chi connectivity index (χ0) is 13.3. The first-order valence-corrected chi connectivity index (χ1v) is 6.03. The van der Waals surface area contributed by atoms with Crippen LogP contribution >= 0.6 is 0 Å². The van der Waals surface area contributed by atoms with Crippen molar-refractivity contribution in [1.29, 1.82) is 5.26 Å². The lowest BCUT2D eigenvalue weighted by Crippen LogP contribution is -2.46. The molecule has 0 aromatic carbocycles. The molecule has 1 heterocycles. The molecule has 2 fully saturated rings. The molecule has 1 saturated carbocycles. The van der Waals surface area contributed by atoms with Gasteiger partial charge >= 0.3 is 0 Å². The molecule has 1 N–H and O–H groups in total. The molecule has 1 unspecified atom stereocenters. The minimum Gasteiger partial charge on any atom is -0.342 e. The third-order valence-electron chi connectivity index (χ3n) is 3.79. The summed E-state index contributed by atoms with van der Waals surface area (Å²) in [6.07, 6.45) is 2.74. The smallest absolute Gasteiger partial charge is 0.252 e. The van der Waals surface area contributed by atoms with Crippen LogP contribution in [0.25, 0.3) is 0 Å². The minimum absolute atomic E-state index is 0.0113. The second kappa shape index (κ2) is 4.41. The van der Waals surface area contributed by atoms with Crippen LogP contribution in [0.1, 0.15) is 32.1 Å². The van der Waals surface area contributed by atoms with E-state index in [0.717, 1.165) is 17.7 Å². The fourth-order valence-electron chi connectivity index (χ4n) is 2.53. The molecule has 0 bridgehead atoms. The van der Waals surface area contributed by atoms with E-state index in [9.17, 15) is 14.4 Å². The molecule has 3 amide bonds. The molecular formula is C12H15N3O3. The molecule has 0 radical (unpaired) electrons. The summed E-state index contributed by atoms with van der Waals surface area (Å²) in [5.41, 5.74) is -1.01. The van der Waals surface area contributed by atoms with Crippen LogP contribution in [0.15, 0.2) is 0 Å². The van der Waals surface area contributed by atoms with Gasteiger partial charge in [-0.25, -0.2) is 0 Å². The maximum absolute atomic E-state index is 12.1. The van der Waals surface area contributed by atoms with Gasteiger partial charge in [-0.1, -0.05) is 12.8 Å². The molecule has 0 aromatic heterocycles. The molecule has 6 heteroatoms. The second-order valence-corrected chi connectivity index (χ2v) is 4.92. The number of nitrogens with one attached hydrogen (secondary N) is 1. The van der Waals surface area contributed by atoms with Gasteiger partial charge in [-0.05, 0) is 12.8 Å². The van der Waals surface area contributed by atoms with Crippen molar-refractivity contribution >= 4 is 17.7 Å². The van der Waals surface area contributed by atoms with Crippen molar-refractivity contribution < 1.29 is 14.4 Å². The summed E-state index contributed by atoms with van der Waals surface area (Å²) in [7, 11) is 1.40. The third-order valence-corrected chi connectivity index (χ3v) is 3.79. The summed E-state index contributed by atoms with van der Waals surface area (Å²) in [5.74, 6) is -1.12. The van der Waals surface area contributed by atoms with E-state index in [1.54, 1.807) is 0 Å². The summed E-state index contributed by atoms with van der Waals surface area (Å²) >= 11 is 0. The van der Waals surface area contributed by atoms with Crippen LogP contribution < -0.4 is 5.32 Å². The Morgan fingerprint density at radius 3 is 2.50 bits per heavy atom. The second-order valence-electron chi connectivity index (χ2n) is 4.92. The van der Waals surface area contributed by atoms with Crippen LogP contribution in [0.3, 0.4) is 0 Å². The van der Waals surface area contributed by atoms with Gasteiger partial charge in [0.1, 0.15) is 11.5 Å². The standard InChI is InChI=1S/C12H15N3O3/c1-15-9(16)6-8(10(15)17)14-11(18)12(7-13)4-2-3-5-12/h8H,2-6H2,1H3,(H,14,18). The summed E-state index contributed by atoms with van der Waals surface area (Å²) in [6.45, 7) is 0. The quantitative estimate of drug-likeness (QED) is 0.694. The van der Waals surface area contributed by atoms with Crippen LogP contribution in [-0.2, 0) is 14.4 Å². The van der Waals surface area contributed by atoms with Crippen molar-refractivity contribution in [2.75, 3.05) is 7.05 Å². The van der Waals surface area contributed by atoms with Gasteiger partial charge in [0.2, 0.25) is 11.8 Å². The van der Waals surface area contributed by atoms with Crippen LogP contribution in [-0.4, -0.2) is 35.7 Å². The van der Waals surface area contributed by atoms with Gasteiger partial charge in [-0.3, -0.25) is 19.3 Å². The Morgan fingerprint density at radius 1 is 1.44 bits per heavy atom. The fraction of sp³-hybridized carbons (Fsp3) is 0.667. The lowest BCUT2D eigenvalue weighted by atomic mass is 9.86. The number of rotatable bonds is 2. The number of imide groups is 1. The Bertz CT molecular complexity index is 446. The number of hydrogen-bond donors (Lipinski definition) is 1. The molecule has 1 saturated heterocycles. The summed E-state index contributed by atoms with van der Waals surface area (Å²) < 4.78 is 0. The molecule has 1 atom stereocenters. The van der Waals surface area contributed by atoms with Gasteiger partial charge in [0.25, 0.3) is 5.91 Å². The van der Waals surface area contributed by atoms with E-state index >= 15 is 0 Å². The predicted octanol–water partition coefficient (Wildman–Crippen LogP) is -0.0561. The van der Waals surface area contributed by atoms with Gasteiger partial charge in [-0.2, -0.15) is 5.26 Å². The van der Waals surface area contributed by atoms with Crippen molar-refractivity contribution in [3.63, 3.8) is 0 Å². The molecule has 0 spiro atoms. The molecular weight excluding hydrogens is 234 g/mol. The first kappa shape index (κ1) is 12.6. The largest absolute Gasteiger partial charge is 0.342 e. The zero-order valence-corrected chi connectivity index (χ0v) is 10.2. The molecule has 18 heavy (non-hydrogen) atoms. The monoisotopic (exact) mass is 249 g/mol. The number of amides is 3. The summed E-state index contributed by atoms with van der Waals surface area (Å²) in [4.78, 5) is 36.1. The Labute approximate surface area is 105 Å². The van der Waals surface area contributed by atoms with Crippen LogP contribution in [0.2, 0.25) is 0 Å². The van der Waals surface area contributed by atoms with Gasteiger partial charge in [0.15, 0.2) is 0 Å². The van der Waals surface area contributed by atoms with E-state index in [1.165, 1.54) is 7.05 Å². The number of carbonyl (C=O) groups is 3. The van der Waals surface area contributed by atoms with Crippen LogP contribution in [0.5, 0.6) is 0 Å². The molecule has 2 rings (SSSR count). The van der Waals surface area contributed by atoms with Crippen LogP contribution in [0, 0.1) is 16.7 Å². The Morgan fingerprint density at radius 2 is 2.06 bits per heavy atom. The van der Waals surface area contributed by atoms with Crippen molar-refractivity contribution in [3.05, 3.63) is 0 Å². The summed E-state index contributed by atoms with van der Waals surface area (Å²) in [5, 5.41) is 11.7. The van der Waals surface area contributed by atoms with Crippen molar-refractivity contribution in [3.8, 4) is 6.07 Å². The van der Waals surface area contributed by atoms with Crippen molar-refractivity contribution in [1.82, 2.24) is 10.2 Å². The molecule has 6 nitrogen and oxygen atoms in total. The first-order valence-electron chi connectivity index (χ1n) is 6.03. The molecule has 1 aliphatic carbocycles. The van der Waals surface area contributed by atoms with E-state index in [2.05, 4.69) is 11.4 Å². The number of hydrogen-bond acceptors (Lipinski definition) is 4. The first-order chi connectivity index (χ1) is 8.50. The highest BCUT2D eigenvalue weighted by molar-refractivity contribution is 6.07. The average molecular weight is 249 g/mol. The lowest BCUT2D eigenvalue weighted by Gasteiger charge is -2.21. The Balaban J connectivity index is 2.07.